The predicted octanol–water partition coefficient (Wildman–Crippen LogP) is 1.80. The van der Waals surface area contributed by atoms with Gasteiger partial charge in [0.1, 0.15) is 0 Å². The van der Waals surface area contributed by atoms with Gasteiger partial charge in [0, 0.05) is 17.8 Å². The molecule has 84 valence electrons. The molecule has 0 aromatic carbocycles. The third-order valence-corrected chi connectivity index (χ3v) is 3.61. The number of hydrogen-bond donors (Lipinski definition) is 0. The van der Waals surface area contributed by atoms with Crippen molar-refractivity contribution in [2.75, 3.05) is 6.54 Å². The number of carbonyl (C=O) groups excluding carboxylic acids is 2. The van der Waals surface area contributed by atoms with Gasteiger partial charge >= 0.3 is 0 Å². The molecule has 0 bridgehead atoms. The third-order valence-electron chi connectivity index (χ3n) is 3.61. The molecule has 0 saturated heterocycles. The maximum atomic E-state index is 11.8. The first-order valence-corrected chi connectivity index (χ1v) is 6.03. The molecule has 1 aliphatic heterocycles. The number of rotatable bonds is 3. The van der Waals surface area contributed by atoms with Crippen LogP contribution in [0.15, 0.2) is 23.4 Å². The number of amides is 1. The fraction of sp³-hybridized carbons (Fsp3) is 0.538. The average Bonchev–Trinajstić information content (AvgIpc) is 3.09. The van der Waals surface area contributed by atoms with Crippen LogP contribution in [0.1, 0.15) is 32.1 Å². The number of allylic oxidation sites excluding steroid dienone is 3. The molecule has 1 amide bonds. The summed E-state index contributed by atoms with van der Waals surface area (Å²) in [5.41, 5.74) is 1.62. The number of carbonyl (C=O) groups is 2. The highest BCUT2D eigenvalue weighted by Crippen LogP contribution is 2.35. The summed E-state index contributed by atoms with van der Waals surface area (Å²) in [7, 11) is 0. The Morgan fingerprint density at radius 1 is 1.31 bits per heavy atom. The molecular formula is C13H15NO2. The molecule has 0 radical (unpaired) electrons. The number of nitrogens with zero attached hydrogens (tertiary/aromatic N) is 1. The van der Waals surface area contributed by atoms with Crippen LogP contribution in [0.4, 0.5) is 0 Å². The lowest BCUT2D eigenvalue weighted by atomic mass is 10.0. The Kier molecular flexibility index (Phi) is 2.20. The van der Waals surface area contributed by atoms with Gasteiger partial charge in [0.05, 0.1) is 0 Å². The highest BCUT2D eigenvalue weighted by Gasteiger charge is 2.38. The Labute approximate surface area is 94.8 Å². The second kappa shape index (κ2) is 3.58. The molecule has 3 nitrogen and oxygen atoms in total. The first kappa shape index (κ1) is 9.82. The van der Waals surface area contributed by atoms with Gasteiger partial charge in [-0.3, -0.25) is 9.59 Å². The molecule has 0 unspecified atom stereocenters. The van der Waals surface area contributed by atoms with Gasteiger partial charge in [0.25, 0.3) is 11.7 Å². The molecule has 0 aromatic heterocycles. The second-order valence-electron chi connectivity index (χ2n) is 4.82. The van der Waals surface area contributed by atoms with E-state index in [0.717, 1.165) is 37.4 Å². The van der Waals surface area contributed by atoms with Crippen molar-refractivity contribution >= 4 is 11.7 Å². The predicted molar refractivity (Wildman–Crippen MR) is 59.5 cm³/mol. The summed E-state index contributed by atoms with van der Waals surface area (Å²) in [6, 6.07) is 0. The van der Waals surface area contributed by atoms with Crippen LogP contribution in [-0.2, 0) is 9.59 Å². The summed E-state index contributed by atoms with van der Waals surface area (Å²) < 4.78 is 0. The van der Waals surface area contributed by atoms with Gasteiger partial charge in [-0.15, -0.1) is 0 Å². The molecule has 0 atom stereocenters. The normalized spacial score (nSPS) is 24.4. The largest absolute Gasteiger partial charge is 0.309 e. The van der Waals surface area contributed by atoms with E-state index in [1.54, 1.807) is 4.90 Å². The number of Topliss-reactive ketones (excluding diaryl/α,β-unsaturated/α-hetero) is 1. The highest BCUT2D eigenvalue weighted by atomic mass is 16.2. The maximum absolute atomic E-state index is 11.8. The van der Waals surface area contributed by atoms with Crippen LogP contribution in [0.25, 0.3) is 0 Å². The zero-order valence-corrected chi connectivity index (χ0v) is 9.24. The minimum Gasteiger partial charge on any atom is -0.309 e. The Morgan fingerprint density at radius 2 is 2.12 bits per heavy atom. The first-order chi connectivity index (χ1) is 7.77. The molecule has 0 N–H and O–H groups in total. The van der Waals surface area contributed by atoms with Gasteiger partial charge in [-0.25, -0.2) is 0 Å². The molecule has 1 saturated carbocycles. The van der Waals surface area contributed by atoms with E-state index in [0.29, 0.717) is 5.57 Å². The van der Waals surface area contributed by atoms with Crippen molar-refractivity contribution in [1.82, 2.24) is 4.90 Å². The van der Waals surface area contributed by atoms with E-state index in [9.17, 15) is 9.59 Å². The fourth-order valence-electron chi connectivity index (χ4n) is 2.45. The lowest BCUT2D eigenvalue weighted by Gasteiger charge is -2.20. The van der Waals surface area contributed by atoms with Crippen molar-refractivity contribution in [3.05, 3.63) is 23.4 Å². The minimum atomic E-state index is -0.308. The Hall–Kier alpha value is -1.38. The zero-order valence-electron chi connectivity index (χ0n) is 9.24. The summed E-state index contributed by atoms with van der Waals surface area (Å²) in [5, 5.41) is 0. The van der Waals surface area contributed by atoms with Gasteiger partial charge in [0.15, 0.2) is 0 Å². The second-order valence-corrected chi connectivity index (χ2v) is 4.82. The Balaban J connectivity index is 1.80. The molecule has 0 spiro atoms. The minimum absolute atomic E-state index is 0.304. The molecular weight excluding hydrogens is 202 g/mol. The summed E-state index contributed by atoms with van der Waals surface area (Å²) >= 11 is 0. The summed E-state index contributed by atoms with van der Waals surface area (Å²) in [6.45, 7) is 0.738. The maximum Gasteiger partial charge on any atom is 0.299 e. The van der Waals surface area contributed by atoms with E-state index in [2.05, 4.69) is 0 Å². The van der Waals surface area contributed by atoms with Gasteiger partial charge in [0.2, 0.25) is 0 Å². The quantitative estimate of drug-likeness (QED) is 0.676. The van der Waals surface area contributed by atoms with Crippen LogP contribution in [-0.4, -0.2) is 23.1 Å². The monoisotopic (exact) mass is 217 g/mol. The zero-order chi connectivity index (χ0) is 11.1. The van der Waals surface area contributed by atoms with Crippen molar-refractivity contribution in [2.24, 2.45) is 5.92 Å². The molecule has 1 heterocycles. The van der Waals surface area contributed by atoms with Gasteiger partial charge in [-0.2, -0.15) is 0 Å². The van der Waals surface area contributed by atoms with Crippen LogP contribution in [0, 0.1) is 5.92 Å². The SMILES string of the molecule is O=C1C(=O)N(CCC2CC2)C2=C1C=CCC2. The molecule has 2 aliphatic carbocycles. The van der Waals surface area contributed by atoms with Crippen LogP contribution < -0.4 is 0 Å². The molecule has 1 fully saturated rings. The fourth-order valence-corrected chi connectivity index (χ4v) is 2.45. The molecule has 3 rings (SSSR count). The molecule has 3 heteroatoms. The molecule has 16 heavy (non-hydrogen) atoms. The average molecular weight is 217 g/mol. The summed E-state index contributed by atoms with van der Waals surface area (Å²) in [5.74, 6) is 0.186. The number of hydrogen-bond acceptors (Lipinski definition) is 2. The number of ketones is 1. The Morgan fingerprint density at radius 3 is 2.88 bits per heavy atom. The topological polar surface area (TPSA) is 37.4 Å². The van der Waals surface area contributed by atoms with E-state index in [4.69, 9.17) is 0 Å². The van der Waals surface area contributed by atoms with E-state index >= 15 is 0 Å². The van der Waals surface area contributed by atoms with Crippen molar-refractivity contribution in [3.63, 3.8) is 0 Å². The van der Waals surface area contributed by atoms with Crippen LogP contribution in [0.5, 0.6) is 0 Å². The standard InChI is InChI=1S/C13H15NO2/c15-12-10-3-1-2-4-11(10)14(13(12)16)8-7-9-5-6-9/h1,3,9H,2,4-8H2. The lowest BCUT2D eigenvalue weighted by molar-refractivity contribution is -0.139. The summed E-state index contributed by atoms with van der Waals surface area (Å²) in [4.78, 5) is 25.2. The first-order valence-electron chi connectivity index (χ1n) is 6.03. The summed E-state index contributed by atoms with van der Waals surface area (Å²) in [6.07, 6.45) is 9.22. The van der Waals surface area contributed by atoms with Crippen LogP contribution in [0.2, 0.25) is 0 Å². The van der Waals surface area contributed by atoms with Crippen LogP contribution in [0.3, 0.4) is 0 Å². The third kappa shape index (κ3) is 1.51. The van der Waals surface area contributed by atoms with E-state index in [1.165, 1.54) is 12.8 Å². The van der Waals surface area contributed by atoms with Crippen molar-refractivity contribution in [3.8, 4) is 0 Å². The van der Waals surface area contributed by atoms with Gasteiger partial charge in [-0.1, -0.05) is 25.0 Å². The van der Waals surface area contributed by atoms with E-state index < -0.39 is 0 Å². The highest BCUT2D eigenvalue weighted by molar-refractivity contribution is 6.46. The van der Waals surface area contributed by atoms with Gasteiger partial charge < -0.3 is 4.90 Å². The van der Waals surface area contributed by atoms with Crippen molar-refractivity contribution < 1.29 is 9.59 Å². The smallest absolute Gasteiger partial charge is 0.299 e. The molecule has 3 aliphatic rings. The van der Waals surface area contributed by atoms with Crippen molar-refractivity contribution in [2.45, 2.75) is 32.1 Å². The lowest BCUT2D eigenvalue weighted by Crippen LogP contribution is -2.30. The van der Waals surface area contributed by atoms with E-state index in [-0.39, 0.29) is 11.7 Å². The van der Waals surface area contributed by atoms with E-state index in [1.807, 2.05) is 12.2 Å². The van der Waals surface area contributed by atoms with Crippen LogP contribution >= 0.6 is 0 Å². The van der Waals surface area contributed by atoms with Gasteiger partial charge in [-0.05, 0) is 25.2 Å². The Bertz CT molecular complexity index is 416. The van der Waals surface area contributed by atoms with Crippen molar-refractivity contribution in [1.29, 1.82) is 0 Å². The molecule has 0 aromatic rings.